The lowest BCUT2D eigenvalue weighted by molar-refractivity contribution is -0.180. The van der Waals surface area contributed by atoms with E-state index in [-0.39, 0.29) is 6.42 Å². The molecule has 10 nitrogen and oxygen atoms in total. The minimum Gasteiger partial charge on any atom is -0.497 e. The van der Waals surface area contributed by atoms with E-state index in [1.54, 1.807) is 21.1 Å². The highest BCUT2D eigenvalue weighted by atomic mass is 16.6. The van der Waals surface area contributed by atoms with Crippen molar-refractivity contribution in [3.05, 3.63) is 128 Å². The Hall–Kier alpha value is -4.22. The van der Waals surface area contributed by atoms with Crippen LogP contribution in [0.1, 0.15) is 34.9 Å². The number of rotatable bonds is 10. The van der Waals surface area contributed by atoms with Crippen LogP contribution in [0.15, 0.2) is 94.6 Å². The maximum atomic E-state index is 12.8. The van der Waals surface area contributed by atoms with Gasteiger partial charge in [-0.15, -0.1) is 0 Å². The van der Waals surface area contributed by atoms with Gasteiger partial charge in [0, 0.05) is 18.2 Å². The summed E-state index contributed by atoms with van der Waals surface area (Å²) in [5.74, 6) is 1.32. The van der Waals surface area contributed by atoms with E-state index in [4.69, 9.17) is 18.9 Å². The van der Waals surface area contributed by atoms with Gasteiger partial charge in [0.1, 0.15) is 28.9 Å². The molecule has 220 valence electrons. The number of aryl methyl sites for hydroxylation is 1. The van der Waals surface area contributed by atoms with Crippen molar-refractivity contribution in [3.8, 4) is 11.5 Å². The van der Waals surface area contributed by atoms with Gasteiger partial charge >= 0.3 is 5.69 Å². The zero-order valence-electron chi connectivity index (χ0n) is 23.7. The second kappa shape index (κ2) is 11.9. The van der Waals surface area contributed by atoms with Gasteiger partial charge in [-0.25, -0.2) is 4.79 Å². The molecule has 0 saturated carbocycles. The normalized spacial score (nSPS) is 18.1. The molecule has 5 rings (SSSR count). The number of H-pyrrole nitrogens is 1. The van der Waals surface area contributed by atoms with Crippen LogP contribution in [0.5, 0.6) is 11.5 Å². The maximum Gasteiger partial charge on any atom is 0.330 e. The van der Waals surface area contributed by atoms with Crippen LogP contribution in [0.3, 0.4) is 0 Å². The van der Waals surface area contributed by atoms with Crippen molar-refractivity contribution in [2.75, 3.05) is 27.4 Å². The predicted molar refractivity (Wildman–Crippen MR) is 155 cm³/mol. The van der Waals surface area contributed by atoms with Gasteiger partial charge < -0.3 is 29.2 Å². The van der Waals surface area contributed by atoms with Crippen LogP contribution in [0.4, 0.5) is 0 Å². The lowest BCUT2D eigenvalue weighted by Gasteiger charge is -2.41. The van der Waals surface area contributed by atoms with E-state index >= 15 is 0 Å². The molecule has 0 bridgehead atoms. The highest BCUT2D eigenvalue weighted by Gasteiger charge is 2.54. The molecule has 2 heterocycles. The first-order chi connectivity index (χ1) is 20.3. The molecule has 3 aromatic carbocycles. The number of hydrogen-bond acceptors (Lipinski definition) is 8. The summed E-state index contributed by atoms with van der Waals surface area (Å²) >= 11 is 0. The van der Waals surface area contributed by atoms with Crippen LogP contribution in [0, 0.1) is 6.92 Å². The van der Waals surface area contributed by atoms with Crippen molar-refractivity contribution in [1.29, 1.82) is 0 Å². The largest absolute Gasteiger partial charge is 0.497 e. The van der Waals surface area contributed by atoms with E-state index < -0.39 is 48.0 Å². The number of aromatic nitrogens is 2. The Morgan fingerprint density at radius 1 is 0.881 bits per heavy atom. The van der Waals surface area contributed by atoms with Crippen molar-refractivity contribution in [3.63, 3.8) is 0 Å². The fourth-order valence-corrected chi connectivity index (χ4v) is 5.49. The minimum atomic E-state index is -1.58. The molecule has 10 heteroatoms. The van der Waals surface area contributed by atoms with Crippen molar-refractivity contribution >= 4 is 0 Å². The van der Waals surface area contributed by atoms with E-state index in [1.807, 2.05) is 78.9 Å². The Kier molecular flexibility index (Phi) is 8.33. The summed E-state index contributed by atoms with van der Waals surface area (Å²) in [5, 5.41) is 21.2. The number of hydrogen-bond donors (Lipinski definition) is 3. The van der Waals surface area contributed by atoms with E-state index in [2.05, 4.69) is 4.98 Å². The molecular weight excluding hydrogens is 540 g/mol. The molecular formula is C32H34N2O8. The predicted octanol–water partition coefficient (Wildman–Crippen LogP) is 2.88. The lowest BCUT2D eigenvalue weighted by Crippen LogP contribution is -2.51. The topological polar surface area (TPSA) is 132 Å². The summed E-state index contributed by atoms with van der Waals surface area (Å²) in [6.07, 6.45) is -0.350. The summed E-state index contributed by atoms with van der Waals surface area (Å²) in [4.78, 5) is 27.1. The van der Waals surface area contributed by atoms with E-state index in [1.165, 1.54) is 10.8 Å². The Bertz CT molecular complexity index is 1560. The third-order valence-corrected chi connectivity index (χ3v) is 7.86. The Labute approximate surface area is 242 Å². The molecule has 3 N–H and O–H groups in total. The number of ether oxygens (including phenoxy) is 4. The first-order valence-corrected chi connectivity index (χ1v) is 13.5. The van der Waals surface area contributed by atoms with Gasteiger partial charge in [0.05, 0.1) is 33.5 Å². The molecule has 42 heavy (non-hydrogen) atoms. The first-order valence-electron chi connectivity index (χ1n) is 13.5. The molecule has 1 aliphatic rings. The minimum absolute atomic E-state index is 0.0907. The quantitative estimate of drug-likeness (QED) is 0.247. The fraction of sp³-hybridized carbons (Fsp3) is 0.312. The average molecular weight is 575 g/mol. The Balaban J connectivity index is 1.71. The van der Waals surface area contributed by atoms with Gasteiger partial charge in [-0.2, -0.15) is 0 Å². The summed E-state index contributed by atoms with van der Waals surface area (Å²) in [6, 6.07) is 24.5. The standard InChI is InChI=1S/C32H34N2O8/c1-21-18-34(30(38)33-29(21)37)28-17-27(31(19-35,20-36)42-28)41-32(22-7-5-4-6-8-22,23-9-13-25(39-2)14-10-23)24-11-15-26(40-3)16-12-24/h4-16,18,27-28,35-36H,17,19-20H2,1-3H3,(H,33,37,38)/t27?,28-/m1/s1. The third kappa shape index (κ3) is 5.14. The van der Waals surface area contributed by atoms with Gasteiger partial charge in [-0.05, 0) is 47.9 Å². The number of nitrogens with one attached hydrogen (secondary N) is 1. The Morgan fingerprint density at radius 2 is 1.40 bits per heavy atom. The SMILES string of the molecule is COc1ccc(C(OC2C[C@H](n3cc(C)c(=O)[nH]c3=O)OC2(CO)CO)(c2ccccc2)c2ccc(OC)cc2)cc1. The number of aliphatic hydroxyl groups excluding tert-OH is 2. The molecule has 1 saturated heterocycles. The zero-order chi connectivity index (χ0) is 29.9. The highest BCUT2D eigenvalue weighted by molar-refractivity contribution is 5.50. The van der Waals surface area contributed by atoms with Crippen molar-refractivity contribution in [2.45, 2.75) is 36.9 Å². The fourth-order valence-electron chi connectivity index (χ4n) is 5.49. The zero-order valence-corrected chi connectivity index (χ0v) is 23.7. The van der Waals surface area contributed by atoms with Crippen LogP contribution in [-0.2, 0) is 15.1 Å². The van der Waals surface area contributed by atoms with Crippen LogP contribution in [-0.4, -0.2) is 58.9 Å². The number of nitrogens with zero attached hydrogens (tertiary/aromatic N) is 1. The molecule has 2 atom stereocenters. The van der Waals surface area contributed by atoms with Crippen molar-refractivity contribution < 1.29 is 29.2 Å². The van der Waals surface area contributed by atoms with Gasteiger partial charge in [0.2, 0.25) is 0 Å². The van der Waals surface area contributed by atoms with Gasteiger partial charge in [0.15, 0.2) is 0 Å². The molecule has 1 unspecified atom stereocenters. The van der Waals surface area contributed by atoms with Crippen molar-refractivity contribution in [2.24, 2.45) is 0 Å². The summed E-state index contributed by atoms with van der Waals surface area (Å²) in [7, 11) is 3.18. The van der Waals surface area contributed by atoms with E-state index in [9.17, 15) is 19.8 Å². The summed E-state index contributed by atoms with van der Waals surface area (Å²) < 4.78 is 25.4. The summed E-state index contributed by atoms with van der Waals surface area (Å²) in [6.45, 7) is 0.409. The number of methoxy groups -OCH3 is 2. The molecule has 1 fully saturated rings. The van der Waals surface area contributed by atoms with Crippen LogP contribution < -0.4 is 20.7 Å². The molecule has 0 radical (unpaired) electrons. The third-order valence-electron chi connectivity index (χ3n) is 7.86. The average Bonchev–Trinajstić information content (AvgIpc) is 3.40. The van der Waals surface area contributed by atoms with E-state index in [0.717, 1.165) is 16.7 Å². The number of aliphatic hydroxyl groups is 2. The smallest absolute Gasteiger partial charge is 0.330 e. The second-order valence-electron chi connectivity index (χ2n) is 10.3. The van der Waals surface area contributed by atoms with Crippen molar-refractivity contribution in [1.82, 2.24) is 9.55 Å². The van der Waals surface area contributed by atoms with Crippen LogP contribution >= 0.6 is 0 Å². The molecule has 4 aromatic rings. The Morgan fingerprint density at radius 3 is 1.90 bits per heavy atom. The monoisotopic (exact) mass is 574 g/mol. The molecule has 0 amide bonds. The molecule has 0 aliphatic carbocycles. The number of aromatic amines is 1. The lowest BCUT2D eigenvalue weighted by atomic mass is 9.79. The second-order valence-corrected chi connectivity index (χ2v) is 10.3. The molecule has 0 spiro atoms. The molecule has 1 aromatic heterocycles. The highest BCUT2D eigenvalue weighted by Crippen LogP contribution is 2.47. The van der Waals surface area contributed by atoms with E-state index in [0.29, 0.717) is 17.1 Å². The van der Waals surface area contributed by atoms with Gasteiger partial charge in [-0.3, -0.25) is 14.3 Å². The van der Waals surface area contributed by atoms with Crippen LogP contribution in [0.2, 0.25) is 0 Å². The van der Waals surface area contributed by atoms with Crippen LogP contribution in [0.25, 0.3) is 0 Å². The maximum absolute atomic E-state index is 12.8. The van der Waals surface area contributed by atoms with Gasteiger partial charge in [-0.1, -0.05) is 54.6 Å². The van der Waals surface area contributed by atoms with Gasteiger partial charge in [0.25, 0.3) is 5.56 Å². The summed E-state index contributed by atoms with van der Waals surface area (Å²) in [5.41, 5.74) is -1.39. The first kappa shape index (κ1) is 29.3. The number of benzene rings is 3. The molecule has 1 aliphatic heterocycles.